The minimum Gasteiger partial charge on any atom is -0.494 e. The summed E-state index contributed by atoms with van der Waals surface area (Å²) in [6.45, 7) is 3.53. The van der Waals surface area contributed by atoms with Crippen molar-refractivity contribution in [2.45, 2.75) is 44.3 Å². The van der Waals surface area contributed by atoms with Gasteiger partial charge in [-0.15, -0.1) is 0 Å². The number of carboxylic acids is 1. The Morgan fingerprint density at radius 1 is 1.15 bits per heavy atom. The Kier molecular flexibility index (Phi) is 6.57. The second-order valence-electron chi connectivity index (χ2n) is 11.5. The first-order chi connectivity index (χ1) is 18.6. The van der Waals surface area contributed by atoms with E-state index in [1.807, 2.05) is 12.1 Å². The van der Waals surface area contributed by atoms with Gasteiger partial charge in [-0.2, -0.15) is 13.2 Å². The summed E-state index contributed by atoms with van der Waals surface area (Å²) in [4.78, 5) is 24.5. The Labute approximate surface area is 229 Å². The maximum atomic E-state index is 13.0. The van der Waals surface area contributed by atoms with E-state index >= 15 is 0 Å². The SMILES string of the molecule is COc1cc(N2CCN(C3C4CC5CC3CC(C(=O)O)(C5)C4)CC2)ccc1Nc1ncc(C(F)(F)F)c(Cl)n1. The van der Waals surface area contributed by atoms with Crippen LogP contribution >= 0.6 is 11.6 Å². The first-order valence-electron chi connectivity index (χ1n) is 13.3. The van der Waals surface area contributed by atoms with Gasteiger partial charge in [-0.05, 0) is 62.0 Å². The summed E-state index contributed by atoms with van der Waals surface area (Å²) in [5, 5.41) is 12.2. The first-order valence-corrected chi connectivity index (χ1v) is 13.7. The zero-order valence-corrected chi connectivity index (χ0v) is 22.3. The van der Waals surface area contributed by atoms with Gasteiger partial charge in [0.15, 0.2) is 0 Å². The molecular formula is C27H31ClF3N5O3. The minimum absolute atomic E-state index is 0.0620. The van der Waals surface area contributed by atoms with Crippen LogP contribution in [0.1, 0.15) is 37.7 Å². The van der Waals surface area contributed by atoms with Crippen molar-refractivity contribution in [3.63, 3.8) is 0 Å². The number of halogens is 4. The maximum absolute atomic E-state index is 13.0. The van der Waals surface area contributed by atoms with Crippen LogP contribution in [0.2, 0.25) is 5.15 Å². The van der Waals surface area contributed by atoms with Crippen LogP contribution in [0.5, 0.6) is 5.75 Å². The summed E-state index contributed by atoms with van der Waals surface area (Å²) < 4.78 is 44.4. The highest BCUT2D eigenvalue weighted by molar-refractivity contribution is 6.30. The van der Waals surface area contributed by atoms with Crippen LogP contribution < -0.4 is 15.0 Å². The molecule has 2 heterocycles. The Hall–Kier alpha value is -2.79. The second-order valence-corrected chi connectivity index (χ2v) is 11.8. The molecule has 8 nitrogen and oxygen atoms in total. The lowest BCUT2D eigenvalue weighted by Gasteiger charge is -2.61. The molecule has 4 aliphatic carbocycles. The van der Waals surface area contributed by atoms with Gasteiger partial charge in [-0.3, -0.25) is 9.69 Å². The quantitative estimate of drug-likeness (QED) is 0.456. The highest BCUT2D eigenvalue weighted by Crippen LogP contribution is 2.61. The lowest BCUT2D eigenvalue weighted by molar-refractivity contribution is -0.173. The molecule has 39 heavy (non-hydrogen) atoms. The van der Waals surface area contributed by atoms with Crippen molar-refractivity contribution >= 4 is 34.9 Å². The molecule has 1 aromatic carbocycles. The van der Waals surface area contributed by atoms with Gasteiger partial charge < -0.3 is 20.1 Å². The summed E-state index contributed by atoms with van der Waals surface area (Å²) in [6.07, 6.45) is 0.852. The standard InChI is InChI=1S/C27H31ClF3N5O3/c1-39-21-10-18(2-3-20(21)33-25-32-14-19(23(28)34-25)27(29,30)31)35-4-6-36(7-5-35)22-16-8-15-9-17(22)13-26(11-15,12-16)24(37)38/h2-3,10,14-17,22H,4-9,11-13H2,1H3,(H,37,38)(H,32,33,34). The van der Waals surface area contributed by atoms with E-state index in [0.29, 0.717) is 41.4 Å². The van der Waals surface area contributed by atoms with Gasteiger partial charge in [0.2, 0.25) is 5.95 Å². The highest BCUT2D eigenvalue weighted by Gasteiger charge is 2.59. The zero-order valence-electron chi connectivity index (χ0n) is 21.5. The third kappa shape index (κ3) is 4.77. The van der Waals surface area contributed by atoms with Crippen molar-refractivity contribution < 1.29 is 27.8 Å². The third-order valence-electron chi connectivity index (χ3n) is 9.26. The Morgan fingerprint density at radius 2 is 1.85 bits per heavy atom. The van der Waals surface area contributed by atoms with Crippen molar-refractivity contribution in [3.8, 4) is 5.75 Å². The molecule has 0 spiro atoms. The molecule has 0 radical (unpaired) electrons. The number of piperazine rings is 1. The van der Waals surface area contributed by atoms with E-state index in [1.165, 1.54) is 7.11 Å². The van der Waals surface area contributed by atoms with Crippen molar-refractivity contribution in [1.29, 1.82) is 0 Å². The molecule has 0 amide bonds. The Morgan fingerprint density at radius 3 is 2.44 bits per heavy atom. The normalized spacial score (nSPS) is 30.4. The lowest BCUT2D eigenvalue weighted by Crippen LogP contribution is -2.63. The van der Waals surface area contributed by atoms with Gasteiger partial charge in [-0.1, -0.05) is 11.6 Å². The molecule has 2 aromatic rings. The number of hydrogen-bond donors (Lipinski definition) is 2. The summed E-state index contributed by atoms with van der Waals surface area (Å²) in [7, 11) is 1.53. The average Bonchev–Trinajstić information content (AvgIpc) is 2.88. The van der Waals surface area contributed by atoms with E-state index in [4.69, 9.17) is 16.3 Å². The number of anilines is 3. The highest BCUT2D eigenvalue weighted by atomic mass is 35.5. The summed E-state index contributed by atoms with van der Waals surface area (Å²) in [6, 6.07) is 6.10. The topological polar surface area (TPSA) is 90.8 Å². The number of methoxy groups -OCH3 is 1. The monoisotopic (exact) mass is 565 g/mol. The Bertz CT molecular complexity index is 1250. The predicted molar refractivity (Wildman–Crippen MR) is 140 cm³/mol. The molecule has 2 N–H and O–H groups in total. The van der Waals surface area contributed by atoms with Gasteiger partial charge in [0.1, 0.15) is 16.5 Å². The van der Waals surface area contributed by atoms with E-state index in [0.717, 1.165) is 64.0 Å². The minimum atomic E-state index is -4.63. The second kappa shape index (κ2) is 9.69. The number of aromatic nitrogens is 2. The zero-order chi connectivity index (χ0) is 27.5. The molecule has 210 valence electrons. The van der Waals surface area contributed by atoms with E-state index < -0.39 is 28.3 Å². The lowest BCUT2D eigenvalue weighted by atomic mass is 9.47. The maximum Gasteiger partial charge on any atom is 0.420 e. The number of rotatable bonds is 6. The number of carbonyl (C=O) groups is 1. The number of ether oxygens (including phenoxy) is 1. The fourth-order valence-electron chi connectivity index (χ4n) is 7.85. The van der Waals surface area contributed by atoms with Crippen LogP contribution in [-0.4, -0.2) is 65.3 Å². The van der Waals surface area contributed by atoms with E-state index in [2.05, 4.69) is 25.1 Å². The molecule has 12 heteroatoms. The number of aliphatic carboxylic acids is 1. The summed E-state index contributed by atoms with van der Waals surface area (Å²) in [5.41, 5.74) is -0.0843. The number of benzene rings is 1. The van der Waals surface area contributed by atoms with E-state index in [9.17, 15) is 23.1 Å². The third-order valence-corrected chi connectivity index (χ3v) is 9.55. The summed E-state index contributed by atoms with van der Waals surface area (Å²) >= 11 is 5.73. The van der Waals surface area contributed by atoms with E-state index in [1.54, 1.807) is 6.07 Å². The molecule has 1 aromatic heterocycles. The van der Waals surface area contributed by atoms with Crippen molar-refractivity contribution in [2.75, 3.05) is 43.5 Å². The molecule has 2 unspecified atom stereocenters. The smallest absolute Gasteiger partial charge is 0.420 e. The number of alkyl halides is 3. The molecular weight excluding hydrogens is 535 g/mol. The number of nitrogens with zero attached hydrogens (tertiary/aromatic N) is 4. The number of carboxylic acid groups (broad SMARTS) is 1. The van der Waals surface area contributed by atoms with Crippen LogP contribution in [0.15, 0.2) is 24.4 Å². The predicted octanol–water partition coefficient (Wildman–Crippen LogP) is 5.30. The van der Waals surface area contributed by atoms with Gasteiger partial charge >= 0.3 is 12.1 Å². The summed E-state index contributed by atoms with van der Waals surface area (Å²) in [5.74, 6) is 1.38. The average molecular weight is 566 g/mol. The van der Waals surface area contributed by atoms with Crippen molar-refractivity contribution in [1.82, 2.24) is 14.9 Å². The molecule has 1 aliphatic heterocycles. The van der Waals surface area contributed by atoms with Crippen LogP contribution in [0.4, 0.5) is 30.5 Å². The van der Waals surface area contributed by atoms with Crippen LogP contribution in [0.25, 0.3) is 0 Å². The van der Waals surface area contributed by atoms with E-state index in [-0.39, 0.29) is 5.95 Å². The molecule has 2 atom stereocenters. The van der Waals surface area contributed by atoms with Gasteiger partial charge in [0.05, 0.1) is 18.2 Å². The van der Waals surface area contributed by atoms with Crippen LogP contribution in [-0.2, 0) is 11.0 Å². The molecule has 4 bridgehead atoms. The van der Waals surface area contributed by atoms with Gasteiger partial charge in [-0.25, -0.2) is 9.97 Å². The first kappa shape index (κ1) is 26.4. The van der Waals surface area contributed by atoms with Crippen LogP contribution in [0.3, 0.4) is 0 Å². The van der Waals surface area contributed by atoms with Crippen molar-refractivity contribution in [2.24, 2.45) is 23.2 Å². The number of hydrogen-bond acceptors (Lipinski definition) is 7. The van der Waals surface area contributed by atoms with Gasteiger partial charge in [0.25, 0.3) is 0 Å². The largest absolute Gasteiger partial charge is 0.494 e. The molecule has 5 fully saturated rings. The van der Waals surface area contributed by atoms with Gasteiger partial charge in [0, 0.05) is 50.2 Å². The molecule has 4 saturated carbocycles. The van der Waals surface area contributed by atoms with Crippen LogP contribution in [0, 0.1) is 23.2 Å². The molecule has 5 aliphatic rings. The Balaban J connectivity index is 1.11. The fraction of sp³-hybridized carbons (Fsp3) is 0.593. The fourth-order valence-corrected chi connectivity index (χ4v) is 8.08. The molecule has 1 saturated heterocycles. The molecule has 7 rings (SSSR count). The van der Waals surface area contributed by atoms with Crippen molar-refractivity contribution in [3.05, 3.63) is 35.1 Å². The number of nitrogens with one attached hydrogen (secondary N) is 1.